The molecule has 330 valence electrons. The van der Waals surface area contributed by atoms with Gasteiger partial charge >= 0.3 is 5.97 Å². The van der Waals surface area contributed by atoms with Gasteiger partial charge in [0, 0.05) is 38.1 Å². The molecular weight excluding hydrogens is 778 g/mol. The van der Waals surface area contributed by atoms with Crippen LogP contribution in [0.15, 0.2) is 36.4 Å². The molecule has 0 aromatic heterocycles. The van der Waals surface area contributed by atoms with Crippen molar-refractivity contribution in [2.24, 2.45) is 5.73 Å². The summed E-state index contributed by atoms with van der Waals surface area (Å²) in [6.45, 7) is 2.04. The first kappa shape index (κ1) is 48.6. The number of carbonyl (C=O) groups is 7. The average Bonchev–Trinajstić information content (AvgIpc) is 3.21. The number of amides is 6. The Morgan fingerprint density at radius 2 is 1.40 bits per heavy atom. The second kappa shape index (κ2) is 23.7. The number of carboxylic acid groups (broad SMARTS) is 1. The van der Waals surface area contributed by atoms with Gasteiger partial charge in [-0.1, -0.05) is 76.8 Å². The van der Waals surface area contributed by atoms with Crippen molar-refractivity contribution in [3.8, 4) is 22.6 Å². The summed E-state index contributed by atoms with van der Waals surface area (Å²) < 4.78 is 0. The summed E-state index contributed by atoms with van der Waals surface area (Å²) >= 11 is 0. The molecule has 1 aliphatic heterocycles. The smallest absolute Gasteiger partial charge is 0.326 e. The third kappa shape index (κ3) is 13.9. The molecule has 3 rings (SSSR count). The number of rotatable bonds is 20. The van der Waals surface area contributed by atoms with E-state index in [0.29, 0.717) is 12.0 Å². The molecule has 0 saturated carbocycles. The van der Waals surface area contributed by atoms with Gasteiger partial charge in [-0.15, -0.1) is 0 Å². The van der Waals surface area contributed by atoms with E-state index in [1.54, 1.807) is 0 Å². The lowest BCUT2D eigenvalue weighted by Crippen LogP contribution is -2.59. The van der Waals surface area contributed by atoms with Crippen LogP contribution in [-0.2, 0) is 40.0 Å². The molecule has 0 spiro atoms. The van der Waals surface area contributed by atoms with Crippen LogP contribution >= 0.6 is 0 Å². The van der Waals surface area contributed by atoms with E-state index >= 15 is 0 Å². The highest BCUT2D eigenvalue weighted by molar-refractivity contribution is 5.96. The number of aliphatic hydroxyl groups is 1. The molecule has 1 heterocycles. The van der Waals surface area contributed by atoms with Gasteiger partial charge in [-0.25, -0.2) is 4.79 Å². The summed E-state index contributed by atoms with van der Waals surface area (Å²) in [6.07, 6.45) is 9.17. The van der Waals surface area contributed by atoms with Gasteiger partial charge in [0.2, 0.25) is 29.5 Å². The molecule has 60 heavy (non-hydrogen) atoms. The molecule has 2 aromatic carbocycles. The van der Waals surface area contributed by atoms with E-state index in [4.69, 9.17) is 5.73 Å². The Bertz CT molecular complexity index is 1840. The van der Waals surface area contributed by atoms with Gasteiger partial charge in [0.25, 0.3) is 5.91 Å². The van der Waals surface area contributed by atoms with Crippen molar-refractivity contribution in [3.05, 3.63) is 47.5 Å². The molecule has 0 saturated heterocycles. The van der Waals surface area contributed by atoms with E-state index in [-0.39, 0.29) is 46.9 Å². The summed E-state index contributed by atoms with van der Waals surface area (Å²) in [7, 11) is 2.62. The summed E-state index contributed by atoms with van der Waals surface area (Å²) in [5.74, 6) is -6.76. The van der Waals surface area contributed by atoms with Crippen LogP contribution in [0.4, 0.5) is 0 Å². The summed E-state index contributed by atoms with van der Waals surface area (Å²) in [5.41, 5.74) is 6.58. The number of phenolic OH excluding ortho intramolecular Hbond substituents is 2. The molecule has 1 aliphatic rings. The van der Waals surface area contributed by atoms with Crippen molar-refractivity contribution in [2.45, 2.75) is 121 Å². The molecule has 18 heteroatoms. The zero-order chi connectivity index (χ0) is 44.5. The van der Waals surface area contributed by atoms with Crippen LogP contribution in [0, 0.1) is 0 Å². The van der Waals surface area contributed by atoms with Gasteiger partial charge in [0.1, 0.15) is 35.7 Å². The maximum absolute atomic E-state index is 13.8. The van der Waals surface area contributed by atoms with Gasteiger partial charge < -0.3 is 57.2 Å². The molecule has 0 unspecified atom stereocenters. The summed E-state index contributed by atoms with van der Waals surface area (Å²) in [5, 5.41) is 50.7. The van der Waals surface area contributed by atoms with E-state index in [1.165, 1.54) is 89.5 Å². The van der Waals surface area contributed by atoms with Crippen LogP contribution in [0.3, 0.4) is 0 Å². The molecule has 4 bridgehead atoms. The molecule has 5 atom stereocenters. The van der Waals surface area contributed by atoms with Crippen LogP contribution in [0.2, 0.25) is 0 Å². The number of fused-ring (bicyclic) bond motifs is 5. The summed E-state index contributed by atoms with van der Waals surface area (Å²) in [4.78, 5) is 93.3. The van der Waals surface area contributed by atoms with Gasteiger partial charge in [0.05, 0.1) is 13.2 Å². The number of carboxylic acids is 1. The minimum absolute atomic E-state index is 0.0499. The van der Waals surface area contributed by atoms with Crippen LogP contribution in [0.25, 0.3) is 11.1 Å². The maximum atomic E-state index is 13.8. The zero-order valence-corrected chi connectivity index (χ0v) is 34.9. The standard InChI is InChI=1S/C42H61N7O11/c1-5-6-7-8-9-10-11-12-13-14-15-34(53)48(3)31(24-50)39(56)47-37(43)41(58)44-23-35(54)49(4)36-27-17-19-33(52)29(22-27)28-20-26(16-18-32(28)51)21-30(42(59)60)46-38(55)25(2)45-40(36)57/h16-20,22,25,30-31,36-37,50-52H,5-15,21,23-24,43H2,1-4H3,(H,44,58)(H,45,57)(H,46,55)(H,47,56)(H,59,60)/t25-,30-,31+,36-,37-/m0/s1. The Kier molecular flexibility index (Phi) is 19.2. The maximum Gasteiger partial charge on any atom is 0.326 e. The second-order valence-electron chi connectivity index (χ2n) is 15.2. The number of hydrogen-bond acceptors (Lipinski definition) is 11. The van der Waals surface area contributed by atoms with Crippen molar-refractivity contribution < 1.29 is 54.0 Å². The quantitative estimate of drug-likeness (QED) is 0.0679. The molecule has 6 amide bonds. The number of likely N-dealkylation sites (N-methyl/N-ethyl adjacent to an activating group) is 2. The third-order valence-corrected chi connectivity index (χ3v) is 10.6. The van der Waals surface area contributed by atoms with Crippen molar-refractivity contribution in [3.63, 3.8) is 0 Å². The molecule has 2 aromatic rings. The Labute approximate surface area is 350 Å². The van der Waals surface area contributed by atoms with Crippen LogP contribution in [0.5, 0.6) is 11.5 Å². The highest BCUT2D eigenvalue weighted by atomic mass is 16.4. The monoisotopic (exact) mass is 839 g/mol. The molecular formula is C42H61N7O11. The third-order valence-electron chi connectivity index (χ3n) is 10.6. The highest BCUT2D eigenvalue weighted by Crippen LogP contribution is 2.38. The normalized spacial score (nSPS) is 17.5. The summed E-state index contributed by atoms with van der Waals surface area (Å²) in [6, 6.07) is 2.61. The van der Waals surface area contributed by atoms with E-state index < -0.39 is 79.0 Å². The molecule has 18 nitrogen and oxygen atoms in total. The molecule has 0 aliphatic carbocycles. The number of unbranched alkanes of at least 4 members (excludes halogenated alkanes) is 9. The topological polar surface area (TPSA) is 281 Å². The van der Waals surface area contributed by atoms with Crippen LogP contribution in [-0.4, -0.2) is 123 Å². The number of hydrogen-bond donors (Lipinski definition) is 9. The van der Waals surface area contributed by atoms with E-state index in [0.717, 1.165) is 35.5 Å². The number of aromatic hydroxyl groups is 2. The van der Waals surface area contributed by atoms with E-state index in [1.807, 2.05) is 0 Å². The Balaban J connectivity index is 1.67. The van der Waals surface area contributed by atoms with Gasteiger partial charge in [0.15, 0.2) is 6.17 Å². The van der Waals surface area contributed by atoms with Crippen molar-refractivity contribution >= 4 is 41.4 Å². The second-order valence-corrected chi connectivity index (χ2v) is 15.2. The molecule has 0 fully saturated rings. The largest absolute Gasteiger partial charge is 0.507 e. The number of benzene rings is 2. The number of aliphatic carboxylic acids is 1. The fourth-order valence-electron chi connectivity index (χ4n) is 6.86. The van der Waals surface area contributed by atoms with E-state index in [9.17, 15) is 54.0 Å². The fraction of sp³-hybridized carbons (Fsp3) is 0.548. The number of nitrogens with one attached hydrogen (secondary N) is 4. The van der Waals surface area contributed by atoms with Gasteiger partial charge in [-0.2, -0.15) is 0 Å². The SMILES string of the molecule is CCCCCCCCCCCCC(=O)N(C)[C@H](CO)C(=O)N[C@H](N)C(=O)NCC(=O)N(C)[C@@H]1C(=O)N[C@@H](C)C(=O)N[C@H](C(=O)O)Cc2ccc(O)c(c2)-c2cc1ccc2O. The number of phenols is 2. The lowest BCUT2D eigenvalue weighted by Gasteiger charge is -2.30. The number of nitrogens with two attached hydrogens (primary N) is 1. The average molecular weight is 840 g/mol. The number of carbonyl (C=O) groups excluding carboxylic acids is 6. The predicted molar refractivity (Wildman–Crippen MR) is 221 cm³/mol. The Morgan fingerprint density at radius 3 is 2.00 bits per heavy atom. The van der Waals surface area contributed by atoms with Crippen molar-refractivity contribution in [1.29, 1.82) is 0 Å². The van der Waals surface area contributed by atoms with E-state index in [2.05, 4.69) is 28.2 Å². The zero-order valence-electron chi connectivity index (χ0n) is 34.9. The lowest BCUT2D eigenvalue weighted by molar-refractivity contribution is -0.143. The molecule has 0 radical (unpaired) electrons. The molecule has 10 N–H and O–H groups in total. The van der Waals surface area contributed by atoms with Crippen LogP contribution < -0.4 is 27.0 Å². The van der Waals surface area contributed by atoms with Gasteiger partial charge in [-0.05, 0) is 48.7 Å². The first-order valence-electron chi connectivity index (χ1n) is 20.4. The fourth-order valence-corrected chi connectivity index (χ4v) is 6.86. The minimum atomic E-state index is -1.70. The van der Waals surface area contributed by atoms with Crippen molar-refractivity contribution in [2.75, 3.05) is 27.2 Å². The number of aliphatic hydroxyl groups excluding tert-OH is 1. The van der Waals surface area contributed by atoms with Gasteiger partial charge in [-0.3, -0.25) is 28.8 Å². The van der Waals surface area contributed by atoms with Crippen molar-refractivity contribution in [1.82, 2.24) is 31.1 Å². The Morgan fingerprint density at radius 1 is 0.817 bits per heavy atom. The van der Waals surface area contributed by atoms with Crippen LogP contribution in [0.1, 0.15) is 102 Å². The first-order valence-corrected chi connectivity index (χ1v) is 20.4. The Hall–Kier alpha value is -5.75. The number of nitrogens with zero attached hydrogens (tertiary/aromatic N) is 2. The predicted octanol–water partition coefficient (Wildman–Crippen LogP) is 1.54. The lowest BCUT2D eigenvalue weighted by atomic mass is 9.94. The highest BCUT2D eigenvalue weighted by Gasteiger charge is 2.34. The first-order chi connectivity index (χ1) is 28.5. The minimum Gasteiger partial charge on any atom is -0.507 e.